The summed E-state index contributed by atoms with van der Waals surface area (Å²) in [7, 11) is 0. The van der Waals surface area contributed by atoms with Crippen LogP contribution in [0.5, 0.6) is 0 Å². The first-order valence-electron chi connectivity index (χ1n) is 10.3. The summed E-state index contributed by atoms with van der Waals surface area (Å²) in [5, 5.41) is 15.4. The molecule has 0 aliphatic rings. The summed E-state index contributed by atoms with van der Waals surface area (Å²) in [6.07, 6.45) is 10.4. The Morgan fingerprint density at radius 1 is 0.893 bits per heavy atom. The zero-order valence-corrected chi connectivity index (χ0v) is 22.5. The molecule has 171 valence electrons. The molecule has 0 heterocycles. The molecule has 0 rings (SSSR count). The van der Waals surface area contributed by atoms with Gasteiger partial charge in [0.25, 0.3) is 0 Å². The van der Waals surface area contributed by atoms with E-state index in [0.29, 0.717) is 6.54 Å². The molecule has 0 amide bonds. The first-order chi connectivity index (χ1) is 12.7. The van der Waals surface area contributed by atoms with E-state index in [1.807, 2.05) is 13.3 Å². The first kappa shape index (κ1) is 42.1. The number of carbonyl (C=O) groups is 2. The maximum absolute atomic E-state index is 9.37. The molecule has 6 nitrogen and oxygen atoms in total. The molecule has 1 atom stereocenters. The molecule has 0 aliphatic carbocycles. The maximum Gasteiger partial charge on any atom is 0.303 e. The van der Waals surface area contributed by atoms with Crippen molar-refractivity contribution >= 4 is 11.9 Å². The van der Waals surface area contributed by atoms with E-state index < -0.39 is 11.9 Å². The van der Waals surface area contributed by atoms with Gasteiger partial charge in [0, 0.05) is 45.6 Å². The number of hydrogen-bond acceptors (Lipinski definition) is 4. The summed E-state index contributed by atoms with van der Waals surface area (Å²) in [4.78, 5) is 18.7. The number of carboxylic acids is 2. The molecule has 0 bridgehead atoms. The Hall–Kier alpha value is -0.0361. The third kappa shape index (κ3) is 96.3. The third-order valence-electron chi connectivity index (χ3n) is 3.13. The van der Waals surface area contributed by atoms with E-state index in [1.54, 1.807) is 13.8 Å². The second kappa shape index (κ2) is 45.6. The minimum atomic E-state index is -0.745. The van der Waals surface area contributed by atoms with Crippen molar-refractivity contribution in [3.8, 4) is 0 Å². The standard InChI is InChI=1S/C9H20.C3H9N.C3H8N.2C3H6O2.Y/c1-4-6-7-8-9(3)5-2;2*1-2-3-4;2*1-2-3(4)5;/h9H,4-8H2,1-3H3;2-4H2,1H3;2H,3-4H2,1H3;2*2H2,1H3,(H,4,5);/q;;-1;;;. The second-order valence-electron chi connectivity index (χ2n) is 5.94. The van der Waals surface area contributed by atoms with Crippen LogP contribution in [0.15, 0.2) is 0 Å². The molecular formula is C21H49N2O4Y-. The molecule has 0 aromatic rings. The molecule has 1 radical (unpaired) electrons. The first-order valence-corrected chi connectivity index (χ1v) is 10.3. The largest absolute Gasteiger partial charge is 0.481 e. The van der Waals surface area contributed by atoms with Crippen LogP contribution in [0.3, 0.4) is 0 Å². The summed E-state index contributed by atoms with van der Waals surface area (Å²) in [5.74, 6) is -0.536. The smallest absolute Gasteiger partial charge is 0.303 e. The molecule has 7 heteroatoms. The second-order valence-corrected chi connectivity index (χ2v) is 5.94. The number of carboxylic acid groups (broad SMARTS) is 2. The Morgan fingerprint density at radius 3 is 1.36 bits per heavy atom. The van der Waals surface area contributed by atoms with Crippen LogP contribution in [0.4, 0.5) is 0 Å². The summed E-state index contributed by atoms with van der Waals surface area (Å²) in [6, 6.07) is 0. The molecule has 6 N–H and O–H groups in total. The predicted molar refractivity (Wildman–Crippen MR) is 118 cm³/mol. The molecular weight excluding hydrogens is 433 g/mol. The van der Waals surface area contributed by atoms with Crippen LogP contribution in [0.1, 0.15) is 99.8 Å². The van der Waals surface area contributed by atoms with Crippen molar-refractivity contribution in [1.29, 1.82) is 0 Å². The van der Waals surface area contributed by atoms with E-state index in [4.69, 9.17) is 21.7 Å². The quantitative estimate of drug-likeness (QED) is 0.268. The van der Waals surface area contributed by atoms with Crippen LogP contribution in [-0.4, -0.2) is 35.2 Å². The van der Waals surface area contributed by atoms with Gasteiger partial charge in [0.1, 0.15) is 0 Å². The molecule has 0 aliphatic heterocycles. The number of rotatable bonds is 9. The summed E-state index contributed by atoms with van der Waals surface area (Å²) in [5.41, 5.74) is 10.0. The SMILES string of the molecule is CCC(=O)O.CCC(=O)O.CCCCCC(C)CC.CCCN.C[CH-]CN.[Y]. The Kier molecular flexibility index (Phi) is 68.6. The third-order valence-corrected chi connectivity index (χ3v) is 3.13. The molecule has 0 fully saturated rings. The summed E-state index contributed by atoms with van der Waals surface area (Å²) >= 11 is 0. The van der Waals surface area contributed by atoms with Crippen LogP contribution >= 0.6 is 0 Å². The van der Waals surface area contributed by atoms with Crippen LogP contribution in [0.2, 0.25) is 0 Å². The molecule has 0 saturated heterocycles. The van der Waals surface area contributed by atoms with Crippen molar-refractivity contribution < 1.29 is 52.5 Å². The molecule has 28 heavy (non-hydrogen) atoms. The number of unbranched alkanes of at least 4 members (excludes halogenated alkanes) is 2. The molecule has 1 unspecified atom stereocenters. The fourth-order valence-electron chi connectivity index (χ4n) is 0.947. The van der Waals surface area contributed by atoms with Gasteiger partial charge in [-0.05, 0) is 18.9 Å². The number of nitrogens with two attached hydrogens (primary N) is 2. The van der Waals surface area contributed by atoms with E-state index in [9.17, 15) is 9.59 Å². The Labute approximate surface area is 200 Å². The van der Waals surface area contributed by atoms with E-state index >= 15 is 0 Å². The summed E-state index contributed by atoms with van der Waals surface area (Å²) in [6.45, 7) is 15.6. The average molecular weight is 483 g/mol. The average Bonchev–Trinajstić information content (AvgIpc) is 2.69. The van der Waals surface area contributed by atoms with Crippen molar-refractivity contribution in [1.82, 2.24) is 0 Å². The molecule has 0 aromatic carbocycles. The zero-order valence-electron chi connectivity index (χ0n) is 19.7. The minimum absolute atomic E-state index is 0. The molecule has 0 aromatic heterocycles. The van der Waals surface area contributed by atoms with Gasteiger partial charge in [-0.25, -0.2) is 0 Å². The van der Waals surface area contributed by atoms with Crippen LogP contribution in [0.25, 0.3) is 0 Å². The normalized spacial score (nSPS) is 9.18. The van der Waals surface area contributed by atoms with Gasteiger partial charge in [0.15, 0.2) is 0 Å². The van der Waals surface area contributed by atoms with Gasteiger partial charge in [-0.15, -0.1) is 6.54 Å². The van der Waals surface area contributed by atoms with E-state index in [-0.39, 0.29) is 45.6 Å². The summed E-state index contributed by atoms with van der Waals surface area (Å²) < 4.78 is 0. The van der Waals surface area contributed by atoms with Crippen molar-refractivity contribution in [2.45, 2.75) is 99.8 Å². The monoisotopic (exact) mass is 482 g/mol. The zero-order chi connectivity index (χ0) is 22.5. The fraction of sp³-hybridized carbons (Fsp3) is 0.857. The van der Waals surface area contributed by atoms with Gasteiger partial charge < -0.3 is 28.1 Å². The topological polar surface area (TPSA) is 127 Å². The van der Waals surface area contributed by atoms with Crippen molar-refractivity contribution in [2.24, 2.45) is 17.4 Å². The van der Waals surface area contributed by atoms with Gasteiger partial charge in [-0.3, -0.25) is 9.59 Å². The number of hydrogen-bond donors (Lipinski definition) is 4. The van der Waals surface area contributed by atoms with Crippen molar-refractivity contribution in [2.75, 3.05) is 13.1 Å². The van der Waals surface area contributed by atoms with E-state index in [1.165, 1.54) is 32.1 Å². The Balaban J connectivity index is -0.0000000560. The van der Waals surface area contributed by atoms with Crippen molar-refractivity contribution in [3.63, 3.8) is 0 Å². The van der Waals surface area contributed by atoms with Gasteiger partial charge in [-0.2, -0.15) is 6.92 Å². The van der Waals surface area contributed by atoms with Gasteiger partial charge in [0.2, 0.25) is 0 Å². The maximum atomic E-state index is 9.37. The number of aliphatic carboxylic acids is 2. The van der Waals surface area contributed by atoms with E-state index in [2.05, 4.69) is 27.7 Å². The van der Waals surface area contributed by atoms with Crippen LogP contribution in [-0.2, 0) is 42.3 Å². The van der Waals surface area contributed by atoms with Gasteiger partial charge in [0.05, 0.1) is 0 Å². The van der Waals surface area contributed by atoms with Crippen LogP contribution < -0.4 is 11.5 Å². The fourth-order valence-corrected chi connectivity index (χ4v) is 0.947. The van der Waals surface area contributed by atoms with Crippen molar-refractivity contribution in [3.05, 3.63) is 6.42 Å². The predicted octanol–water partition coefficient (Wildman–Crippen LogP) is 5.10. The van der Waals surface area contributed by atoms with Crippen LogP contribution in [0, 0.1) is 12.3 Å². The van der Waals surface area contributed by atoms with E-state index in [0.717, 1.165) is 18.9 Å². The Bertz CT molecular complexity index is 247. The Morgan fingerprint density at radius 2 is 1.21 bits per heavy atom. The molecule has 0 spiro atoms. The minimum Gasteiger partial charge on any atom is -0.481 e. The molecule has 0 saturated carbocycles. The van der Waals surface area contributed by atoms with Gasteiger partial charge >= 0.3 is 11.9 Å². The van der Waals surface area contributed by atoms with Gasteiger partial charge in [-0.1, -0.05) is 73.6 Å².